The number of hydrogen-bond acceptors (Lipinski definition) is 5. The highest BCUT2D eigenvalue weighted by Crippen LogP contribution is 2.22. The number of halogens is 1. The number of rotatable bonds is 5. The average molecular weight is 340 g/mol. The summed E-state index contributed by atoms with van der Waals surface area (Å²) in [4.78, 5) is 4.20. The van der Waals surface area contributed by atoms with Crippen LogP contribution in [0.15, 0.2) is 23.1 Å². The van der Waals surface area contributed by atoms with Crippen molar-refractivity contribution in [2.24, 2.45) is 0 Å². The molecule has 1 aromatic heterocycles. The maximum atomic E-state index is 13.5. The molecule has 1 atom stereocenters. The first kappa shape index (κ1) is 16.0. The van der Waals surface area contributed by atoms with Gasteiger partial charge in [-0.2, -0.15) is 5.10 Å². The molecule has 0 amide bonds. The molecule has 1 aromatic carbocycles. The lowest BCUT2D eigenvalue weighted by Crippen LogP contribution is -2.24. The Morgan fingerprint density at radius 2 is 2.30 bits per heavy atom. The molecule has 0 radical (unpaired) electrons. The minimum absolute atomic E-state index is 0.0428. The molecule has 0 bridgehead atoms. The summed E-state index contributed by atoms with van der Waals surface area (Å²) in [6.07, 6.45) is 0.853. The van der Waals surface area contributed by atoms with Gasteiger partial charge in [-0.25, -0.2) is 22.5 Å². The molecular weight excluding hydrogens is 323 g/mol. The fourth-order valence-corrected chi connectivity index (χ4v) is 3.67. The van der Waals surface area contributed by atoms with E-state index < -0.39 is 15.8 Å². The van der Waals surface area contributed by atoms with Crippen molar-refractivity contribution >= 4 is 10.0 Å². The second-order valence-corrected chi connectivity index (χ2v) is 7.12. The third-order valence-corrected chi connectivity index (χ3v) is 5.33. The quantitative estimate of drug-likeness (QED) is 0.853. The molecular formula is C14H17FN4O3S. The SMILES string of the molecule is Cc1c(F)cccc1S(=O)(=O)NCc1nc(C2CCOC2)n[nH]1. The van der Waals surface area contributed by atoms with E-state index in [4.69, 9.17) is 4.74 Å². The van der Waals surface area contributed by atoms with Crippen LogP contribution >= 0.6 is 0 Å². The van der Waals surface area contributed by atoms with Crippen LogP contribution in [0.2, 0.25) is 0 Å². The van der Waals surface area contributed by atoms with Crippen LogP contribution in [0.5, 0.6) is 0 Å². The van der Waals surface area contributed by atoms with E-state index in [-0.39, 0.29) is 22.9 Å². The predicted molar refractivity (Wildman–Crippen MR) is 79.7 cm³/mol. The van der Waals surface area contributed by atoms with E-state index >= 15 is 0 Å². The highest BCUT2D eigenvalue weighted by atomic mass is 32.2. The van der Waals surface area contributed by atoms with Crippen LogP contribution in [0.1, 0.15) is 29.6 Å². The zero-order chi connectivity index (χ0) is 16.4. The molecule has 3 rings (SSSR count). The van der Waals surface area contributed by atoms with Crippen molar-refractivity contribution in [3.63, 3.8) is 0 Å². The molecule has 9 heteroatoms. The summed E-state index contributed by atoms with van der Waals surface area (Å²) in [6.45, 7) is 2.64. The first-order valence-corrected chi connectivity index (χ1v) is 8.69. The largest absolute Gasteiger partial charge is 0.381 e. The number of ether oxygens (including phenoxy) is 1. The fourth-order valence-electron chi connectivity index (χ4n) is 2.43. The summed E-state index contributed by atoms with van der Waals surface area (Å²) in [6, 6.07) is 3.95. The predicted octanol–water partition coefficient (Wildman–Crippen LogP) is 1.23. The smallest absolute Gasteiger partial charge is 0.241 e. The average Bonchev–Trinajstić information content (AvgIpc) is 3.18. The van der Waals surface area contributed by atoms with Gasteiger partial charge in [0.25, 0.3) is 0 Å². The van der Waals surface area contributed by atoms with Crippen molar-refractivity contribution < 1.29 is 17.5 Å². The summed E-state index contributed by atoms with van der Waals surface area (Å²) in [5.74, 6) is 0.612. The molecule has 1 saturated heterocycles. The molecule has 23 heavy (non-hydrogen) atoms. The Kier molecular flexibility index (Phi) is 4.42. The van der Waals surface area contributed by atoms with Crippen LogP contribution in [0.3, 0.4) is 0 Å². The lowest BCUT2D eigenvalue weighted by atomic mass is 10.1. The number of aromatic nitrogens is 3. The molecule has 1 aliphatic rings. The molecule has 124 valence electrons. The maximum absolute atomic E-state index is 13.5. The Morgan fingerprint density at radius 1 is 1.48 bits per heavy atom. The number of aromatic amines is 1. The van der Waals surface area contributed by atoms with Crippen LogP contribution in [-0.2, 0) is 21.3 Å². The number of sulfonamides is 1. The first-order chi connectivity index (χ1) is 11.0. The van der Waals surface area contributed by atoms with Crippen LogP contribution in [0.4, 0.5) is 4.39 Å². The van der Waals surface area contributed by atoms with Gasteiger partial charge in [0.15, 0.2) is 5.82 Å². The summed E-state index contributed by atoms with van der Waals surface area (Å²) in [5.41, 5.74) is 0.0846. The van der Waals surface area contributed by atoms with Crippen LogP contribution < -0.4 is 4.72 Å². The van der Waals surface area contributed by atoms with E-state index in [0.717, 1.165) is 6.42 Å². The Morgan fingerprint density at radius 3 is 3.04 bits per heavy atom. The lowest BCUT2D eigenvalue weighted by molar-refractivity contribution is 0.193. The van der Waals surface area contributed by atoms with Gasteiger partial charge >= 0.3 is 0 Å². The second-order valence-electron chi connectivity index (χ2n) is 5.39. The Labute approximate surface area is 133 Å². The van der Waals surface area contributed by atoms with Crippen molar-refractivity contribution in [3.05, 3.63) is 41.2 Å². The van der Waals surface area contributed by atoms with Crippen molar-refractivity contribution in [3.8, 4) is 0 Å². The summed E-state index contributed by atoms with van der Waals surface area (Å²) in [7, 11) is -3.82. The molecule has 0 spiro atoms. The van der Waals surface area contributed by atoms with Crippen LogP contribution in [-0.4, -0.2) is 36.8 Å². The molecule has 1 aliphatic heterocycles. The maximum Gasteiger partial charge on any atom is 0.241 e. The minimum atomic E-state index is -3.82. The zero-order valence-electron chi connectivity index (χ0n) is 12.5. The summed E-state index contributed by atoms with van der Waals surface area (Å²) in [5, 5.41) is 6.81. The Balaban J connectivity index is 1.71. The van der Waals surface area contributed by atoms with E-state index in [1.807, 2.05) is 0 Å². The highest BCUT2D eigenvalue weighted by Gasteiger charge is 2.23. The van der Waals surface area contributed by atoms with Crippen molar-refractivity contribution in [2.75, 3.05) is 13.2 Å². The van der Waals surface area contributed by atoms with Crippen molar-refractivity contribution in [1.82, 2.24) is 19.9 Å². The number of benzene rings is 1. The van der Waals surface area contributed by atoms with E-state index in [1.54, 1.807) is 0 Å². The van der Waals surface area contributed by atoms with Gasteiger partial charge in [0, 0.05) is 18.1 Å². The highest BCUT2D eigenvalue weighted by molar-refractivity contribution is 7.89. The molecule has 7 nitrogen and oxygen atoms in total. The van der Waals surface area contributed by atoms with Gasteiger partial charge in [0.2, 0.25) is 10.0 Å². The van der Waals surface area contributed by atoms with E-state index in [9.17, 15) is 12.8 Å². The monoisotopic (exact) mass is 340 g/mol. The Bertz CT molecular complexity index is 800. The fraction of sp³-hybridized carbons (Fsp3) is 0.429. The standard InChI is InChI=1S/C14H17FN4O3S/c1-9-11(15)3-2-4-12(9)23(20,21)16-7-13-17-14(19-18-13)10-5-6-22-8-10/h2-4,10,16H,5-8H2,1H3,(H,17,18,19). The van der Waals surface area contributed by atoms with Crippen molar-refractivity contribution in [2.45, 2.75) is 30.7 Å². The van der Waals surface area contributed by atoms with Gasteiger partial charge in [-0.05, 0) is 25.5 Å². The summed E-state index contributed by atoms with van der Waals surface area (Å²) >= 11 is 0. The van der Waals surface area contributed by atoms with Crippen LogP contribution in [0, 0.1) is 12.7 Å². The molecule has 2 N–H and O–H groups in total. The molecule has 1 fully saturated rings. The van der Waals surface area contributed by atoms with E-state index in [1.165, 1.54) is 25.1 Å². The van der Waals surface area contributed by atoms with Gasteiger partial charge < -0.3 is 4.74 Å². The van der Waals surface area contributed by atoms with Crippen molar-refractivity contribution in [1.29, 1.82) is 0 Å². The molecule has 2 heterocycles. The molecule has 2 aromatic rings. The molecule has 0 saturated carbocycles. The third kappa shape index (κ3) is 3.41. The minimum Gasteiger partial charge on any atom is -0.381 e. The number of hydrogen-bond donors (Lipinski definition) is 2. The van der Waals surface area contributed by atoms with Gasteiger partial charge in [-0.3, -0.25) is 5.10 Å². The molecule has 1 unspecified atom stereocenters. The number of nitrogens with zero attached hydrogens (tertiary/aromatic N) is 2. The topological polar surface area (TPSA) is 97.0 Å². The Hall–Kier alpha value is -1.84. The number of nitrogens with one attached hydrogen (secondary N) is 2. The molecule has 0 aliphatic carbocycles. The number of H-pyrrole nitrogens is 1. The first-order valence-electron chi connectivity index (χ1n) is 7.21. The van der Waals surface area contributed by atoms with E-state index in [2.05, 4.69) is 19.9 Å². The summed E-state index contributed by atoms with van der Waals surface area (Å²) < 4.78 is 45.8. The van der Waals surface area contributed by atoms with Gasteiger partial charge in [-0.1, -0.05) is 6.07 Å². The second kappa shape index (κ2) is 6.34. The van der Waals surface area contributed by atoms with Gasteiger partial charge in [0.1, 0.15) is 11.6 Å². The lowest BCUT2D eigenvalue weighted by Gasteiger charge is -2.08. The van der Waals surface area contributed by atoms with Gasteiger partial charge in [0.05, 0.1) is 18.0 Å². The normalized spacial score (nSPS) is 18.4. The van der Waals surface area contributed by atoms with Gasteiger partial charge in [-0.15, -0.1) is 0 Å². The van der Waals surface area contributed by atoms with Crippen LogP contribution in [0.25, 0.3) is 0 Å². The third-order valence-electron chi connectivity index (χ3n) is 3.78. The van der Waals surface area contributed by atoms with E-state index in [0.29, 0.717) is 24.9 Å². The zero-order valence-corrected chi connectivity index (χ0v) is 13.4.